The van der Waals surface area contributed by atoms with Crippen LogP contribution in [-0.2, 0) is 0 Å². The predicted molar refractivity (Wildman–Crippen MR) is 81.0 cm³/mol. The molecule has 5 heteroatoms. The van der Waals surface area contributed by atoms with Gasteiger partial charge in [-0.25, -0.2) is 9.97 Å². The summed E-state index contributed by atoms with van der Waals surface area (Å²) in [6.07, 6.45) is 5.29. The minimum atomic E-state index is 0.278. The van der Waals surface area contributed by atoms with Gasteiger partial charge in [0.15, 0.2) is 0 Å². The SMILES string of the molecule is CCC1(CC)CNC(CN)C(c2nccc(Br)n2)C1. The van der Waals surface area contributed by atoms with Crippen molar-refractivity contribution in [2.75, 3.05) is 13.1 Å². The fourth-order valence-corrected chi connectivity index (χ4v) is 3.31. The Morgan fingerprint density at radius 3 is 2.79 bits per heavy atom. The van der Waals surface area contributed by atoms with E-state index in [0.717, 1.165) is 23.4 Å². The molecule has 106 valence electrons. The highest BCUT2D eigenvalue weighted by molar-refractivity contribution is 9.10. The minimum absolute atomic E-state index is 0.278. The fraction of sp³-hybridized carbons (Fsp3) is 0.714. The van der Waals surface area contributed by atoms with Gasteiger partial charge in [-0.05, 0) is 46.7 Å². The first-order valence-corrected chi connectivity index (χ1v) is 7.85. The molecule has 2 rings (SSSR count). The van der Waals surface area contributed by atoms with Crippen molar-refractivity contribution in [3.63, 3.8) is 0 Å². The molecule has 2 unspecified atom stereocenters. The molecule has 1 aliphatic rings. The van der Waals surface area contributed by atoms with Gasteiger partial charge in [-0.2, -0.15) is 0 Å². The first-order valence-electron chi connectivity index (χ1n) is 7.06. The molecule has 1 aromatic rings. The molecule has 0 aliphatic carbocycles. The zero-order valence-electron chi connectivity index (χ0n) is 11.7. The lowest BCUT2D eigenvalue weighted by molar-refractivity contribution is 0.140. The number of hydrogen-bond donors (Lipinski definition) is 2. The van der Waals surface area contributed by atoms with E-state index >= 15 is 0 Å². The summed E-state index contributed by atoms with van der Waals surface area (Å²) in [5, 5.41) is 3.61. The van der Waals surface area contributed by atoms with Crippen molar-refractivity contribution in [2.45, 2.75) is 45.1 Å². The number of piperidine rings is 1. The molecule has 0 saturated carbocycles. The molecule has 0 radical (unpaired) electrons. The zero-order valence-corrected chi connectivity index (χ0v) is 13.3. The minimum Gasteiger partial charge on any atom is -0.329 e. The topological polar surface area (TPSA) is 63.8 Å². The molecule has 1 aromatic heterocycles. The second-order valence-electron chi connectivity index (χ2n) is 5.48. The largest absolute Gasteiger partial charge is 0.329 e. The summed E-state index contributed by atoms with van der Waals surface area (Å²) in [6.45, 7) is 6.22. The predicted octanol–water partition coefficient (Wildman–Crippen LogP) is 2.45. The maximum absolute atomic E-state index is 5.91. The number of halogens is 1. The van der Waals surface area contributed by atoms with Crippen LogP contribution in [0.3, 0.4) is 0 Å². The van der Waals surface area contributed by atoms with Crippen LogP contribution in [0.2, 0.25) is 0 Å². The van der Waals surface area contributed by atoms with E-state index in [2.05, 4.69) is 45.1 Å². The smallest absolute Gasteiger partial charge is 0.134 e. The summed E-state index contributed by atoms with van der Waals surface area (Å²) < 4.78 is 0.845. The summed E-state index contributed by atoms with van der Waals surface area (Å²) >= 11 is 3.43. The van der Waals surface area contributed by atoms with Gasteiger partial charge in [-0.3, -0.25) is 0 Å². The van der Waals surface area contributed by atoms with Crippen LogP contribution in [0.4, 0.5) is 0 Å². The first-order chi connectivity index (χ1) is 9.14. The van der Waals surface area contributed by atoms with Crippen LogP contribution < -0.4 is 11.1 Å². The van der Waals surface area contributed by atoms with Gasteiger partial charge in [-0.15, -0.1) is 0 Å². The van der Waals surface area contributed by atoms with Gasteiger partial charge in [0.25, 0.3) is 0 Å². The number of nitrogens with one attached hydrogen (secondary N) is 1. The van der Waals surface area contributed by atoms with E-state index in [1.54, 1.807) is 0 Å². The van der Waals surface area contributed by atoms with Crippen LogP contribution >= 0.6 is 15.9 Å². The van der Waals surface area contributed by atoms with Gasteiger partial charge in [0.2, 0.25) is 0 Å². The van der Waals surface area contributed by atoms with E-state index < -0.39 is 0 Å². The molecule has 1 fully saturated rings. The molecular formula is C14H23BrN4. The number of aromatic nitrogens is 2. The second kappa shape index (κ2) is 6.29. The molecule has 2 atom stereocenters. The quantitative estimate of drug-likeness (QED) is 0.834. The Balaban J connectivity index is 2.28. The Bertz CT molecular complexity index is 420. The second-order valence-corrected chi connectivity index (χ2v) is 6.29. The average molecular weight is 327 g/mol. The number of hydrogen-bond acceptors (Lipinski definition) is 4. The molecule has 1 aliphatic heterocycles. The number of rotatable bonds is 4. The van der Waals surface area contributed by atoms with E-state index in [1.807, 2.05) is 12.3 Å². The van der Waals surface area contributed by atoms with Crippen molar-refractivity contribution in [3.8, 4) is 0 Å². The summed E-state index contributed by atoms with van der Waals surface area (Å²) in [4.78, 5) is 9.00. The maximum atomic E-state index is 5.91. The molecule has 3 N–H and O–H groups in total. The van der Waals surface area contributed by atoms with E-state index in [1.165, 1.54) is 12.8 Å². The molecule has 0 aromatic carbocycles. The highest BCUT2D eigenvalue weighted by Crippen LogP contribution is 2.41. The van der Waals surface area contributed by atoms with Gasteiger partial charge in [0, 0.05) is 31.2 Å². The van der Waals surface area contributed by atoms with Crippen LogP contribution in [0.1, 0.15) is 44.9 Å². The lowest BCUT2D eigenvalue weighted by Crippen LogP contribution is -2.53. The van der Waals surface area contributed by atoms with Gasteiger partial charge < -0.3 is 11.1 Å². The maximum Gasteiger partial charge on any atom is 0.134 e. The number of nitrogens with two attached hydrogens (primary N) is 1. The van der Waals surface area contributed by atoms with Gasteiger partial charge >= 0.3 is 0 Å². The van der Waals surface area contributed by atoms with Crippen LogP contribution in [-0.4, -0.2) is 29.1 Å². The molecular weight excluding hydrogens is 304 g/mol. The summed E-state index contributed by atoms with van der Waals surface area (Å²) in [5.41, 5.74) is 6.26. The van der Waals surface area contributed by atoms with Crippen molar-refractivity contribution in [2.24, 2.45) is 11.1 Å². The van der Waals surface area contributed by atoms with E-state index in [0.29, 0.717) is 17.9 Å². The van der Waals surface area contributed by atoms with E-state index in [-0.39, 0.29) is 6.04 Å². The summed E-state index contributed by atoms with van der Waals surface area (Å²) in [6, 6.07) is 2.14. The third kappa shape index (κ3) is 3.15. The third-order valence-corrected chi connectivity index (χ3v) is 5.05. The Morgan fingerprint density at radius 2 is 2.21 bits per heavy atom. The Morgan fingerprint density at radius 1 is 1.47 bits per heavy atom. The molecule has 2 heterocycles. The van der Waals surface area contributed by atoms with Gasteiger partial charge in [0.1, 0.15) is 10.4 Å². The highest BCUT2D eigenvalue weighted by atomic mass is 79.9. The third-order valence-electron chi connectivity index (χ3n) is 4.60. The van der Waals surface area contributed by atoms with Crippen molar-refractivity contribution < 1.29 is 0 Å². The lowest BCUT2D eigenvalue weighted by atomic mass is 9.70. The fourth-order valence-electron chi connectivity index (χ4n) is 3.01. The summed E-state index contributed by atoms with van der Waals surface area (Å²) in [5.74, 6) is 1.21. The standard InChI is InChI=1S/C14H23BrN4/c1-3-14(4-2)7-10(11(8-16)18-9-14)13-17-6-5-12(15)19-13/h5-6,10-11,18H,3-4,7-9,16H2,1-2H3. The normalized spacial score (nSPS) is 26.3. The van der Waals surface area contributed by atoms with Gasteiger partial charge in [-0.1, -0.05) is 13.8 Å². The van der Waals surface area contributed by atoms with Crippen molar-refractivity contribution in [1.82, 2.24) is 15.3 Å². The first kappa shape index (κ1) is 14.9. The molecule has 0 amide bonds. The van der Waals surface area contributed by atoms with Crippen LogP contribution in [0.5, 0.6) is 0 Å². The number of nitrogens with zero attached hydrogens (tertiary/aromatic N) is 2. The van der Waals surface area contributed by atoms with Crippen LogP contribution in [0.15, 0.2) is 16.9 Å². The molecule has 4 nitrogen and oxygen atoms in total. The molecule has 0 bridgehead atoms. The van der Waals surface area contributed by atoms with Crippen LogP contribution in [0, 0.1) is 5.41 Å². The lowest BCUT2D eigenvalue weighted by Gasteiger charge is -2.44. The van der Waals surface area contributed by atoms with Crippen LogP contribution in [0.25, 0.3) is 0 Å². The zero-order chi connectivity index (χ0) is 13.9. The molecule has 0 spiro atoms. The van der Waals surface area contributed by atoms with Crippen molar-refractivity contribution in [3.05, 3.63) is 22.7 Å². The van der Waals surface area contributed by atoms with Crippen molar-refractivity contribution in [1.29, 1.82) is 0 Å². The Hall–Kier alpha value is -0.520. The Labute approximate surface area is 123 Å². The average Bonchev–Trinajstić information content (AvgIpc) is 2.46. The summed E-state index contributed by atoms with van der Waals surface area (Å²) in [7, 11) is 0. The van der Waals surface area contributed by atoms with Gasteiger partial charge in [0.05, 0.1) is 0 Å². The molecule has 19 heavy (non-hydrogen) atoms. The van der Waals surface area contributed by atoms with Crippen molar-refractivity contribution >= 4 is 15.9 Å². The van der Waals surface area contributed by atoms with E-state index in [9.17, 15) is 0 Å². The Kier molecular flexibility index (Phi) is 4.92. The highest BCUT2D eigenvalue weighted by Gasteiger charge is 2.39. The van der Waals surface area contributed by atoms with E-state index in [4.69, 9.17) is 5.73 Å². The molecule has 1 saturated heterocycles. The monoisotopic (exact) mass is 326 g/mol.